The van der Waals surface area contributed by atoms with E-state index in [-0.39, 0.29) is 18.1 Å². The standard InChI is InChI=1S/C14H13Cl2NO2/c1-8-6-13(19)10(9(2)18)7-17(8)14-11(15)4-3-5-12(14)16/h3-6,19H,7H2,1-2H3. The molecule has 0 atom stereocenters. The Bertz CT molecular complexity index is 585. The maximum atomic E-state index is 11.5. The first-order valence-electron chi connectivity index (χ1n) is 5.74. The minimum atomic E-state index is -0.172. The van der Waals surface area contributed by atoms with Gasteiger partial charge in [0.2, 0.25) is 0 Å². The van der Waals surface area contributed by atoms with Gasteiger partial charge in [0.25, 0.3) is 0 Å². The number of ketones is 1. The Morgan fingerprint density at radius 3 is 2.42 bits per heavy atom. The molecule has 0 aromatic heterocycles. The number of aliphatic hydroxyl groups is 1. The van der Waals surface area contributed by atoms with Crippen LogP contribution in [-0.4, -0.2) is 17.4 Å². The summed E-state index contributed by atoms with van der Waals surface area (Å²) >= 11 is 12.4. The smallest absolute Gasteiger partial charge is 0.161 e. The minimum Gasteiger partial charge on any atom is -0.507 e. The van der Waals surface area contributed by atoms with E-state index in [1.807, 2.05) is 11.8 Å². The van der Waals surface area contributed by atoms with Crippen LogP contribution in [0.25, 0.3) is 0 Å². The van der Waals surface area contributed by atoms with Crippen molar-refractivity contribution in [2.24, 2.45) is 0 Å². The summed E-state index contributed by atoms with van der Waals surface area (Å²) in [6.45, 7) is 3.51. The van der Waals surface area contributed by atoms with Gasteiger partial charge in [-0.05, 0) is 32.1 Å². The number of aliphatic hydroxyl groups excluding tert-OH is 1. The van der Waals surface area contributed by atoms with Crippen LogP contribution in [0.2, 0.25) is 10.0 Å². The molecule has 19 heavy (non-hydrogen) atoms. The monoisotopic (exact) mass is 297 g/mol. The Morgan fingerprint density at radius 1 is 1.32 bits per heavy atom. The van der Waals surface area contributed by atoms with Gasteiger partial charge in [-0.15, -0.1) is 0 Å². The number of hydrogen-bond donors (Lipinski definition) is 1. The van der Waals surface area contributed by atoms with E-state index in [0.717, 1.165) is 5.70 Å². The average Bonchev–Trinajstić information content (AvgIpc) is 2.30. The second-order valence-corrected chi connectivity index (χ2v) is 5.18. The molecule has 0 saturated heterocycles. The summed E-state index contributed by atoms with van der Waals surface area (Å²) in [4.78, 5) is 13.3. The third kappa shape index (κ3) is 2.62. The van der Waals surface area contributed by atoms with Crippen LogP contribution in [0, 0.1) is 0 Å². The number of hydrogen-bond acceptors (Lipinski definition) is 3. The molecule has 1 heterocycles. The number of benzene rings is 1. The van der Waals surface area contributed by atoms with Gasteiger partial charge in [0.15, 0.2) is 5.78 Å². The molecule has 5 heteroatoms. The molecule has 3 nitrogen and oxygen atoms in total. The fourth-order valence-corrected chi connectivity index (χ4v) is 2.62. The zero-order valence-electron chi connectivity index (χ0n) is 10.6. The van der Waals surface area contributed by atoms with Crippen LogP contribution in [0.5, 0.6) is 0 Å². The highest BCUT2D eigenvalue weighted by molar-refractivity contribution is 6.39. The van der Waals surface area contributed by atoms with Crippen molar-refractivity contribution in [2.75, 3.05) is 11.4 Å². The highest BCUT2D eigenvalue weighted by Gasteiger charge is 2.24. The zero-order valence-corrected chi connectivity index (χ0v) is 12.1. The number of allylic oxidation sites excluding steroid dienone is 2. The third-order valence-electron chi connectivity index (χ3n) is 3.03. The van der Waals surface area contributed by atoms with Crippen molar-refractivity contribution in [3.63, 3.8) is 0 Å². The molecule has 0 spiro atoms. The van der Waals surface area contributed by atoms with Crippen LogP contribution in [0.4, 0.5) is 5.69 Å². The lowest BCUT2D eigenvalue weighted by atomic mass is 10.0. The van der Waals surface area contributed by atoms with Crippen LogP contribution in [0.3, 0.4) is 0 Å². The van der Waals surface area contributed by atoms with E-state index in [1.54, 1.807) is 24.3 Å². The lowest BCUT2D eigenvalue weighted by Crippen LogP contribution is -2.30. The van der Waals surface area contributed by atoms with Gasteiger partial charge in [-0.3, -0.25) is 4.79 Å². The largest absolute Gasteiger partial charge is 0.507 e. The van der Waals surface area contributed by atoms with Crippen LogP contribution < -0.4 is 4.90 Å². The summed E-state index contributed by atoms with van der Waals surface area (Å²) in [5, 5.41) is 10.8. The fraction of sp³-hybridized carbons (Fsp3) is 0.214. The molecule has 0 aliphatic carbocycles. The van der Waals surface area contributed by atoms with Crippen LogP contribution >= 0.6 is 23.2 Å². The van der Waals surface area contributed by atoms with Gasteiger partial charge in [0.05, 0.1) is 27.9 Å². The van der Waals surface area contributed by atoms with E-state index in [2.05, 4.69) is 0 Å². The molecule has 0 unspecified atom stereocenters. The Kier molecular flexibility index (Phi) is 3.88. The van der Waals surface area contributed by atoms with E-state index in [4.69, 9.17) is 23.2 Å². The summed E-state index contributed by atoms with van der Waals surface area (Å²) in [5.41, 5.74) is 1.77. The van der Waals surface area contributed by atoms with Crippen molar-refractivity contribution in [1.82, 2.24) is 0 Å². The molecular weight excluding hydrogens is 285 g/mol. The minimum absolute atomic E-state index is 0.00410. The normalized spacial score (nSPS) is 15.6. The summed E-state index contributed by atoms with van der Waals surface area (Å²) in [6, 6.07) is 5.24. The molecule has 0 radical (unpaired) electrons. The van der Waals surface area contributed by atoms with Gasteiger partial charge in [0, 0.05) is 5.70 Å². The van der Waals surface area contributed by atoms with Gasteiger partial charge in [0.1, 0.15) is 5.76 Å². The number of carbonyl (C=O) groups excluding carboxylic acids is 1. The molecule has 1 aliphatic heterocycles. The molecule has 0 saturated carbocycles. The van der Waals surface area contributed by atoms with Crippen molar-refractivity contribution in [3.8, 4) is 0 Å². The molecule has 100 valence electrons. The van der Waals surface area contributed by atoms with Crippen LogP contribution in [0.15, 0.2) is 41.3 Å². The molecule has 1 aromatic rings. The SMILES string of the molecule is CC(=O)C1=C(O)C=C(C)N(c2c(Cl)cccc2Cl)C1. The number of para-hydroxylation sites is 1. The molecule has 0 fully saturated rings. The topological polar surface area (TPSA) is 40.5 Å². The first kappa shape index (κ1) is 14.0. The van der Waals surface area contributed by atoms with Gasteiger partial charge in [-0.25, -0.2) is 0 Å². The van der Waals surface area contributed by atoms with Gasteiger partial charge in [-0.2, -0.15) is 0 Å². The van der Waals surface area contributed by atoms with Crippen LogP contribution in [-0.2, 0) is 4.79 Å². The Balaban J connectivity index is 2.50. The predicted molar refractivity (Wildman–Crippen MR) is 77.9 cm³/mol. The molecular formula is C14H13Cl2NO2. The molecule has 2 rings (SSSR count). The number of halogens is 2. The maximum Gasteiger partial charge on any atom is 0.161 e. The van der Waals surface area contributed by atoms with E-state index in [0.29, 0.717) is 21.3 Å². The second kappa shape index (κ2) is 5.27. The van der Waals surface area contributed by atoms with Gasteiger partial charge >= 0.3 is 0 Å². The highest BCUT2D eigenvalue weighted by atomic mass is 35.5. The highest BCUT2D eigenvalue weighted by Crippen LogP contribution is 2.37. The number of Topliss-reactive ketones (excluding diaryl/α,β-unsaturated/α-hetero) is 1. The fourth-order valence-electron chi connectivity index (χ4n) is 2.02. The number of nitrogens with zero attached hydrogens (tertiary/aromatic N) is 1. The molecule has 0 amide bonds. The lowest BCUT2D eigenvalue weighted by molar-refractivity contribution is -0.113. The van der Waals surface area contributed by atoms with Crippen molar-refractivity contribution in [1.29, 1.82) is 0 Å². The summed E-state index contributed by atoms with van der Waals surface area (Å²) < 4.78 is 0. The van der Waals surface area contributed by atoms with E-state index < -0.39 is 0 Å². The van der Waals surface area contributed by atoms with Crippen molar-refractivity contribution in [3.05, 3.63) is 51.3 Å². The summed E-state index contributed by atoms with van der Waals surface area (Å²) in [6.07, 6.45) is 1.54. The zero-order chi connectivity index (χ0) is 14.2. The van der Waals surface area contributed by atoms with E-state index in [1.165, 1.54) is 6.92 Å². The van der Waals surface area contributed by atoms with E-state index >= 15 is 0 Å². The lowest BCUT2D eigenvalue weighted by Gasteiger charge is -2.31. The van der Waals surface area contributed by atoms with E-state index in [9.17, 15) is 9.90 Å². The summed E-state index contributed by atoms with van der Waals surface area (Å²) in [7, 11) is 0. The first-order valence-corrected chi connectivity index (χ1v) is 6.50. The number of rotatable bonds is 2. The van der Waals surface area contributed by atoms with Crippen molar-refractivity contribution >= 4 is 34.7 Å². The summed E-state index contributed by atoms with van der Waals surface area (Å²) in [5.74, 6) is -0.168. The maximum absolute atomic E-state index is 11.5. The molecule has 1 aliphatic rings. The first-order chi connectivity index (χ1) is 8.91. The Labute approximate surface area is 121 Å². The Hall–Kier alpha value is -1.45. The van der Waals surface area contributed by atoms with Gasteiger partial charge < -0.3 is 10.0 Å². The molecule has 1 N–H and O–H groups in total. The van der Waals surface area contributed by atoms with Crippen molar-refractivity contribution < 1.29 is 9.90 Å². The number of carbonyl (C=O) groups is 1. The second-order valence-electron chi connectivity index (χ2n) is 4.36. The average molecular weight is 298 g/mol. The van der Waals surface area contributed by atoms with Crippen molar-refractivity contribution in [2.45, 2.75) is 13.8 Å². The predicted octanol–water partition coefficient (Wildman–Crippen LogP) is 4.12. The molecule has 1 aromatic carbocycles. The van der Waals surface area contributed by atoms with Gasteiger partial charge in [-0.1, -0.05) is 29.3 Å². The van der Waals surface area contributed by atoms with Crippen LogP contribution in [0.1, 0.15) is 13.8 Å². The molecule has 0 bridgehead atoms. The Morgan fingerprint density at radius 2 is 1.89 bits per heavy atom. The quantitative estimate of drug-likeness (QED) is 0.893. The number of anilines is 1. The third-order valence-corrected chi connectivity index (χ3v) is 3.64.